The average Bonchev–Trinajstić information content (AvgIpc) is 3.00. The normalized spacial score (nSPS) is 43.7. The third kappa shape index (κ3) is 0.686. The molecule has 2 saturated heterocycles. The van der Waals surface area contributed by atoms with Crippen LogP contribution >= 0.6 is 11.3 Å². The van der Waals surface area contributed by atoms with E-state index in [1.807, 2.05) is 11.3 Å². The zero-order valence-corrected chi connectivity index (χ0v) is 10.00. The van der Waals surface area contributed by atoms with Crippen LogP contribution in [0.1, 0.15) is 4.88 Å². The summed E-state index contributed by atoms with van der Waals surface area (Å²) < 4.78 is 1.46. The van der Waals surface area contributed by atoms with Crippen molar-refractivity contribution < 1.29 is 0 Å². The fourth-order valence-electron chi connectivity index (χ4n) is 4.18. The first kappa shape index (κ1) is 8.26. The van der Waals surface area contributed by atoms with E-state index in [1.165, 1.54) is 16.6 Å². The van der Waals surface area contributed by atoms with Crippen LogP contribution in [0.25, 0.3) is 10.1 Å². The lowest BCUT2D eigenvalue weighted by atomic mass is 9.95. The summed E-state index contributed by atoms with van der Waals surface area (Å²) in [7, 11) is 2.29. The summed E-state index contributed by atoms with van der Waals surface area (Å²) >= 11 is 2.03. The van der Waals surface area contributed by atoms with Crippen LogP contribution in [0.2, 0.25) is 0 Å². The van der Waals surface area contributed by atoms with Crippen molar-refractivity contribution in [3.05, 3.63) is 35.2 Å². The number of nitrogens with zero attached hydrogens (tertiary/aromatic N) is 1. The highest BCUT2D eigenvalue weighted by Crippen LogP contribution is 2.84. The van der Waals surface area contributed by atoms with Gasteiger partial charge in [0.25, 0.3) is 0 Å². The Morgan fingerprint density at radius 3 is 2.81 bits per heavy atom. The largest absolute Gasteiger partial charge is 0.302 e. The Kier molecular flexibility index (Phi) is 1.15. The minimum Gasteiger partial charge on any atom is -0.302 e. The summed E-state index contributed by atoms with van der Waals surface area (Å²) in [5.74, 6) is 2.04. The Morgan fingerprint density at radius 2 is 2.12 bits per heavy atom. The molecule has 1 aromatic heterocycles. The predicted molar refractivity (Wildman–Crippen MR) is 66.9 cm³/mol. The minimum absolute atomic E-state index is 0.600. The molecule has 4 fully saturated rings. The van der Waals surface area contributed by atoms with Gasteiger partial charge in [-0.15, -0.1) is 11.3 Å². The molecule has 4 atom stereocenters. The zero-order valence-electron chi connectivity index (χ0n) is 9.18. The van der Waals surface area contributed by atoms with Crippen molar-refractivity contribution in [2.75, 3.05) is 13.6 Å². The zero-order chi connectivity index (χ0) is 10.5. The molecule has 80 valence electrons. The van der Waals surface area contributed by atoms with E-state index in [1.54, 1.807) is 4.88 Å². The van der Waals surface area contributed by atoms with Crippen molar-refractivity contribution in [2.45, 2.75) is 11.5 Å². The second kappa shape index (κ2) is 2.22. The first-order valence-electron chi connectivity index (χ1n) is 6.02. The van der Waals surface area contributed by atoms with E-state index in [9.17, 15) is 0 Å². The monoisotopic (exact) mass is 227 g/mol. The van der Waals surface area contributed by atoms with Crippen molar-refractivity contribution in [1.29, 1.82) is 0 Å². The van der Waals surface area contributed by atoms with Crippen LogP contribution in [-0.4, -0.2) is 24.5 Å². The van der Waals surface area contributed by atoms with Crippen LogP contribution in [-0.2, 0) is 5.41 Å². The third-order valence-corrected chi connectivity index (χ3v) is 6.28. The van der Waals surface area contributed by atoms with Crippen molar-refractivity contribution in [3.8, 4) is 0 Å². The van der Waals surface area contributed by atoms with E-state index in [2.05, 4.69) is 42.3 Å². The van der Waals surface area contributed by atoms with Crippen LogP contribution in [0.4, 0.5) is 0 Å². The number of likely N-dealkylation sites (N-methyl/N-ethyl adjacent to an activating group) is 1. The summed E-state index contributed by atoms with van der Waals surface area (Å²) in [5, 5.41) is 1.44. The molecule has 2 saturated carbocycles. The molecular weight excluding hydrogens is 214 g/mol. The Balaban J connectivity index is 1.69. The quantitative estimate of drug-likeness (QED) is 0.724. The second-order valence-electron chi connectivity index (χ2n) is 5.65. The molecule has 3 heterocycles. The van der Waals surface area contributed by atoms with Gasteiger partial charge in [-0.2, -0.15) is 0 Å². The van der Waals surface area contributed by atoms with Gasteiger partial charge in [-0.25, -0.2) is 0 Å². The summed E-state index contributed by atoms with van der Waals surface area (Å²) in [6.07, 6.45) is 0. The Labute approximate surface area is 98.7 Å². The molecule has 0 spiro atoms. The number of hydrogen-bond donors (Lipinski definition) is 0. The Bertz CT molecular complexity index is 571. The molecule has 2 aromatic rings. The van der Waals surface area contributed by atoms with E-state index >= 15 is 0 Å². The molecule has 3 unspecified atom stereocenters. The summed E-state index contributed by atoms with van der Waals surface area (Å²) in [6.45, 7) is 1.31. The SMILES string of the molecule is CN1CC2(c3cc4ccccc4s3)C3C1[C@@H]32. The molecule has 1 nitrogen and oxygen atoms in total. The van der Waals surface area contributed by atoms with Gasteiger partial charge in [-0.3, -0.25) is 0 Å². The molecule has 0 N–H and O–H groups in total. The van der Waals surface area contributed by atoms with Gasteiger partial charge in [0.05, 0.1) is 0 Å². The fraction of sp³-hybridized carbons (Fsp3) is 0.429. The van der Waals surface area contributed by atoms with Crippen molar-refractivity contribution in [1.82, 2.24) is 4.90 Å². The summed E-state index contributed by atoms with van der Waals surface area (Å²) in [4.78, 5) is 4.23. The van der Waals surface area contributed by atoms with Crippen molar-refractivity contribution >= 4 is 21.4 Å². The Hall–Kier alpha value is -0.860. The Morgan fingerprint density at radius 1 is 1.31 bits per heavy atom. The molecule has 2 bridgehead atoms. The van der Waals surface area contributed by atoms with Crippen LogP contribution in [0.5, 0.6) is 0 Å². The maximum absolute atomic E-state index is 2.57. The number of rotatable bonds is 1. The van der Waals surface area contributed by atoms with Gasteiger partial charge in [-0.1, -0.05) is 18.2 Å². The number of piperidine rings is 1. The highest BCUT2D eigenvalue weighted by molar-refractivity contribution is 7.19. The second-order valence-corrected chi connectivity index (χ2v) is 6.73. The van der Waals surface area contributed by atoms with Gasteiger partial charge < -0.3 is 4.90 Å². The molecule has 2 aliphatic heterocycles. The molecule has 4 aliphatic rings. The molecule has 16 heavy (non-hydrogen) atoms. The van der Waals surface area contributed by atoms with Crippen LogP contribution in [0.3, 0.4) is 0 Å². The minimum atomic E-state index is 0.600. The first-order valence-corrected chi connectivity index (χ1v) is 6.83. The van der Waals surface area contributed by atoms with E-state index < -0.39 is 0 Å². The first-order chi connectivity index (χ1) is 7.82. The lowest BCUT2D eigenvalue weighted by Crippen LogP contribution is -2.15. The van der Waals surface area contributed by atoms with E-state index in [0.717, 1.165) is 17.9 Å². The number of thiophene rings is 1. The van der Waals surface area contributed by atoms with Crippen molar-refractivity contribution in [3.63, 3.8) is 0 Å². The van der Waals surface area contributed by atoms with Crippen LogP contribution in [0, 0.1) is 11.8 Å². The predicted octanol–water partition coefficient (Wildman–Crippen LogP) is 2.71. The van der Waals surface area contributed by atoms with Gasteiger partial charge >= 0.3 is 0 Å². The number of fused-ring (bicyclic) bond motifs is 2. The summed E-state index contributed by atoms with van der Waals surface area (Å²) in [5.41, 5.74) is 0.600. The van der Waals surface area contributed by atoms with Crippen LogP contribution < -0.4 is 0 Å². The lowest BCUT2D eigenvalue weighted by Gasteiger charge is -2.11. The molecule has 1 aromatic carbocycles. The molecule has 0 radical (unpaired) electrons. The van der Waals surface area contributed by atoms with Crippen molar-refractivity contribution in [2.24, 2.45) is 11.8 Å². The maximum atomic E-state index is 2.57. The van der Waals surface area contributed by atoms with E-state index in [0.29, 0.717) is 5.41 Å². The highest BCUT2D eigenvalue weighted by Gasteiger charge is 2.90. The maximum Gasteiger partial charge on any atom is 0.0345 e. The van der Waals surface area contributed by atoms with Gasteiger partial charge in [0, 0.05) is 27.6 Å². The lowest BCUT2D eigenvalue weighted by molar-refractivity contribution is 0.395. The number of benzene rings is 1. The fourth-order valence-corrected chi connectivity index (χ4v) is 5.52. The number of hydrogen-bond acceptors (Lipinski definition) is 2. The van der Waals surface area contributed by atoms with Gasteiger partial charge in [-0.05, 0) is 36.4 Å². The molecule has 2 aliphatic carbocycles. The van der Waals surface area contributed by atoms with Gasteiger partial charge in [0.15, 0.2) is 0 Å². The molecular formula is C14H13NS. The third-order valence-electron chi connectivity index (χ3n) is 4.97. The standard InChI is InChI=1S/C14H13NS/c1-15-7-14(11-12(14)13(11)15)10-6-8-4-2-3-5-9(8)16-10/h2-6,11-13H,7H2,1H3/t11-,12?,13?,14?/m1/s1. The van der Waals surface area contributed by atoms with E-state index in [-0.39, 0.29) is 0 Å². The van der Waals surface area contributed by atoms with Gasteiger partial charge in [0.2, 0.25) is 0 Å². The average molecular weight is 227 g/mol. The smallest absolute Gasteiger partial charge is 0.0345 e. The van der Waals surface area contributed by atoms with E-state index in [4.69, 9.17) is 0 Å². The summed E-state index contributed by atoms with van der Waals surface area (Å²) in [6, 6.07) is 12.2. The highest BCUT2D eigenvalue weighted by atomic mass is 32.1. The topological polar surface area (TPSA) is 3.24 Å². The molecule has 0 amide bonds. The van der Waals surface area contributed by atoms with Crippen LogP contribution in [0.15, 0.2) is 30.3 Å². The molecule has 2 heteroatoms. The van der Waals surface area contributed by atoms with Gasteiger partial charge in [0.1, 0.15) is 0 Å². The molecule has 6 rings (SSSR count).